The SMILES string of the molecule is CC(Cl)c1nc2ccccc2c(=O)n1CC(C)C(C)C. The van der Waals surface area contributed by atoms with Crippen LogP contribution in [0.2, 0.25) is 0 Å². The number of alkyl halides is 1. The lowest BCUT2D eigenvalue weighted by molar-refractivity contribution is 0.353. The number of benzene rings is 1. The van der Waals surface area contributed by atoms with Crippen molar-refractivity contribution in [1.29, 1.82) is 0 Å². The first kappa shape index (κ1) is 15.0. The molecule has 0 radical (unpaired) electrons. The zero-order valence-electron chi connectivity index (χ0n) is 12.4. The second-order valence-electron chi connectivity index (χ2n) is 5.74. The molecule has 20 heavy (non-hydrogen) atoms. The molecule has 108 valence electrons. The number of hydrogen-bond acceptors (Lipinski definition) is 2. The molecular formula is C16H21ClN2O. The van der Waals surface area contributed by atoms with E-state index in [0.29, 0.717) is 35.1 Å². The fraction of sp³-hybridized carbons (Fsp3) is 0.500. The van der Waals surface area contributed by atoms with Gasteiger partial charge in [0.15, 0.2) is 0 Å². The van der Waals surface area contributed by atoms with Gasteiger partial charge in [-0.15, -0.1) is 11.6 Å². The Hall–Kier alpha value is -1.35. The summed E-state index contributed by atoms with van der Waals surface area (Å²) in [7, 11) is 0. The molecule has 0 aliphatic carbocycles. The van der Waals surface area contributed by atoms with E-state index in [1.54, 1.807) is 4.57 Å². The second-order valence-corrected chi connectivity index (χ2v) is 6.39. The first-order valence-corrected chi connectivity index (χ1v) is 7.49. The average Bonchev–Trinajstić information content (AvgIpc) is 2.41. The van der Waals surface area contributed by atoms with Crippen LogP contribution in [0.1, 0.15) is 38.9 Å². The molecule has 3 nitrogen and oxygen atoms in total. The van der Waals surface area contributed by atoms with Crippen molar-refractivity contribution in [3.05, 3.63) is 40.4 Å². The maximum atomic E-state index is 12.7. The minimum absolute atomic E-state index is 0.00519. The van der Waals surface area contributed by atoms with E-state index in [1.807, 2.05) is 31.2 Å². The van der Waals surface area contributed by atoms with Gasteiger partial charge in [0.2, 0.25) is 0 Å². The molecule has 1 heterocycles. The molecule has 4 heteroatoms. The van der Waals surface area contributed by atoms with Crippen LogP contribution in [0.3, 0.4) is 0 Å². The lowest BCUT2D eigenvalue weighted by Crippen LogP contribution is -2.29. The fourth-order valence-electron chi connectivity index (χ4n) is 2.16. The summed E-state index contributed by atoms with van der Waals surface area (Å²) in [5, 5.41) is 0.371. The second kappa shape index (κ2) is 5.96. The normalized spacial score (nSPS) is 14.7. The van der Waals surface area contributed by atoms with E-state index >= 15 is 0 Å². The summed E-state index contributed by atoms with van der Waals surface area (Å²) < 4.78 is 1.74. The van der Waals surface area contributed by atoms with Gasteiger partial charge < -0.3 is 0 Å². The van der Waals surface area contributed by atoms with Crippen molar-refractivity contribution in [2.75, 3.05) is 0 Å². The number of rotatable bonds is 4. The number of fused-ring (bicyclic) bond motifs is 1. The Kier molecular flexibility index (Phi) is 4.48. The lowest BCUT2D eigenvalue weighted by Gasteiger charge is -2.20. The smallest absolute Gasteiger partial charge is 0.261 e. The Bertz CT molecular complexity index is 661. The monoisotopic (exact) mass is 292 g/mol. The Labute approximate surface area is 124 Å². The Balaban J connectivity index is 2.64. The van der Waals surface area contributed by atoms with Gasteiger partial charge in [0.1, 0.15) is 5.82 Å². The maximum Gasteiger partial charge on any atom is 0.261 e. The highest BCUT2D eigenvalue weighted by Crippen LogP contribution is 2.21. The highest BCUT2D eigenvalue weighted by molar-refractivity contribution is 6.20. The Morgan fingerprint density at radius 2 is 1.85 bits per heavy atom. The van der Waals surface area contributed by atoms with Crippen molar-refractivity contribution in [1.82, 2.24) is 9.55 Å². The van der Waals surface area contributed by atoms with Crippen LogP contribution < -0.4 is 5.56 Å². The molecule has 0 N–H and O–H groups in total. The molecule has 2 aromatic rings. The summed E-state index contributed by atoms with van der Waals surface area (Å²) in [6, 6.07) is 7.43. The van der Waals surface area contributed by atoms with Gasteiger partial charge in [-0.2, -0.15) is 0 Å². The van der Waals surface area contributed by atoms with Gasteiger partial charge in [-0.05, 0) is 30.9 Å². The molecule has 0 saturated heterocycles. The van der Waals surface area contributed by atoms with Crippen molar-refractivity contribution in [2.45, 2.75) is 39.6 Å². The van der Waals surface area contributed by atoms with E-state index in [2.05, 4.69) is 25.8 Å². The predicted molar refractivity (Wildman–Crippen MR) is 84.3 cm³/mol. The van der Waals surface area contributed by atoms with E-state index in [1.165, 1.54) is 0 Å². The van der Waals surface area contributed by atoms with E-state index in [4.69, 9.17) is 11.6 Å². The molecule has 0 aliphatic rings. The van der Waals surface area contributed by atoms with Crippen LogP contribution in [0.4, 0.5) is 0 Å². The minimum atomic E-state index is -0.285. The average molecular weight is 293 g/mol. The third-order valence-electron chi connectivity index (χ3n) is 3.86. The Morgan fingerprint density at radius 3 is 2.45 bits per heavy atom. The first-order chi connectivity index (χ1) is 9.41. The van der Waals surface area contributed by atoms with Gasteiger partial charge in [-0.1, -0.05) is 32.9 Å². The van der Waals surface area contributed by atoms with Gasteiger partial charge >= 0.3 is 0 Å². The van der Waals surface area contributed by atoms with Crippen molar-refractivity contribution in [2.24, 2.45) is 11.8 Å². The molecule has 0 saturated carbocycles. The number of halogens is 1. The van der Waals surface area contributed by atoms with Crippen molar-refractivity contribution < 1.29 is 0 Å². The zero-order chi connectivity index (χ0) is 14.9. The van der Waals surface area contributed by atoms with E-state index in [0.717, 1.165) is 0 Å². The van der Waals surface area contributed by atoms with Crippen LogP contribution >= 0.6 is 11.6 Å². The molecule has 2 atom stereocenters. The summed E-state index contributed by atoms with van der Waals surface area (Å²) in [5.41, 5.74) is 0.721. The molecule has 0 aliphatic heterocycles. The fourth-order valence-corrected chi connectivity index (χ4v) is 2.33. The van der Waals surface area contributed by atoms with Gasteiger partial charge in [0.05, 0.1) is 16.3 Å². The summed E-state index contributed by atoms with van der Waals surface area (Å²) in [5.74, 6) is 1.56. The third kappa shape index (κ3) is 2.88. The van der Waals surface area contributed by atoms with Crippen molar-refractivity contribution >= 4 is 22.5 Å². The molecule has 0 spiro atoms. The largest absolute Gasteiger partial charge is 0.295 e. The standard InChI is InChI=1S/C16H21ClN2O/c1-10(2)11(3)9-19-15(12(4)17)18-14-8-6-5-7-13(14)16(19)20/h5-8,10-12H,9H2,1-4H3. The zero-order valence-corrected chi connectivity index (χ0v) is 13.2. The van der Waals surface area contributed by atoms with Crippen molar-refractivity contribution in [3.8, 4) is 0 Å². The van der Waals surface area contributed by atoms with Crippen LogP contribution in [0.25, 0.3) is 10.9 Å². The van der Waals surface area contributed by atoms with Gasteiger partial charge in [-0.25, -0.2) is 4.98 Å². The molecule has 0 amide bonds. The van der Waals surface area contributed by atoms with Crippen LogP contribution in [0.5, 0.6) is 0 Å². The summed E-state index contributed by atoms with van der Waals surface area (Å²) in [6.45, 7) is 8.98. The van der Waals surface area contributed by atoms with Crippen LogP contribution in [-0.4, -0.2) is 9.55 Å². The summed E-state index contributed by atoms with van der Waals surface area (Å²) in [4.78, 5) is 17.3. The van der Waals surface area contributed by atoms with E-state index in [9.17, 15) is 4.79 Å². The van der Waals surface area contributed by atoms with Crippen LogP contribution in [-0.2, 0) is 6.54 Å². The summed E-state index contributed by atoms with van der Waals surface area (Å²) >= 11 is 6.22. The predicted octanol–water partition coefficient (Wildman–Crippen LogP) is 3.99. The maximum absolute atomic E-state index is 12.7. The number of hydrogen-bond donors (Lipinski definition) is 0. The van der Waals surface area contributed by atoms with E-state index in [-0.39, 0.29) is 10.9 Å². The minimum Gasteiger partial charge on any atom is -0.295 e. The first-order valence-electron chi connectivity index (χ1n) is 7.05. The Morgan fingerprint density at radius 1 is 1.20 bits per heavy atom. The molecule has 1 aromatic heterocycles. The third-order valence-corrected chi connectivity index (χ3v) is 4.05. The summed E-state index contributed by atoms with van der Waals surface area (Å²) in [6.07, 6.45) is 0. The highest BCUT2D eigenvalue weighted by atomic mass is 35.5. The molecule has 2 rings (SSSR count). The molecule has 1 aromatic carbocycles. The highest BCUT2D eigenvalue weighted by Gasteiger charge is 2.17. The molecular weight excluding hydrogens is 272 g/mol. The quantitative estimate of drug-likeness (QED) is 0.799. The number of para-hydroxylation sites is 1. The molecule has 0 fully saturated rings. The lowest BCUT2D eigenvalue weighted by atomic mass is 9.98. The van der Waals surface area contributed by atoms with Gasteiger partial charge in [0, 0.05) is 6.54 Å². The van der Waals surface area contributed by atoms with E-state index < -0.39 is 0 Å². The van der Waals surface area contributed by atoms with Crippen LogP contribution in [0, 0.1) is 11.8 Å². The van der Waals surface area contributed by atoms with Crippen LogP contribution in [0.15, 0.2) is 29.1 Å². The molecule has 2 unspecified atom stereocenters. The molecule has 0 bridgehead atoms. The van der Waals surface area contributed by atoms with Gasteiger partial charge in [-0.3, -0.25) is 9.36 Å². The van der Waals surface area contributed by atoms with Crippen molar-refractivity contribution in [3.63, 3.8) is 0 Å². The number of aromatic nitrogens is 2. The topological polar surface area (TPSA) is 34.9 Å². The van der Waals surface area contributed by atoms with Gasteiger partial charge in [0.25, 0.3) is 5.56 Å². The number of nitrogens with zero attached hydrogens (tertiary/aromatic N) is 2.